The van der Waals surface area contributed by atoms with Gasteiger partial charge in [-0.05, 0) is 18.2 Å². The Morgan fingerprint density at radius 2 is 1.69 bits per heavy atom. The number of hydrogen-bond donors (Lipinski definition) is 1. The fourth-order valence-electron chi connectivity index (χ4n) is 1.82. The maximum atomic E-state index is 12.5. The van der Waals surface area contributed by atoms with Crippen LogP contribution < -0.4 is 10.1 Å². The number of nitrogens with one attached hydrogen (secondary N) is 1. The summed E-state index contributed by atoms with van der Waals surface area (Å²) in [7, 11) is 3.49. The Morgan fingerprint density at radius 1 is 1.04 bits per heavy atom. The Morgan fingerprint density at radius 3 is 2.27 bits per heavy atom. The van der Waals surface area contributed by atoms with Gasteiger partial charge in [-0.2, -0.15) is 0 Å². The van der Waals surface area contributed by atoms with Crippen LogP contribution in [0.15, 0.2) is 22.7 Å². The number of amides is 1. The van der Waals surface area contributed by atoms with Crippen molar-refractivity contribution < 1.29 is 38.1 Å². The maximum Gasteiger partial charge on any atom is 0.343 e. The molecule has 10 heteroatoms. The lowest BCUT2D eigenvalue weighted by atomic mass is 10.1. The zero-order valence-corrected chi connectivity index (χ0v) is 16.0. The Kier molecular flexibility index (Phi) is 8.56. The molecule has 0 fully saturated rings. The number of carbonyl (C=O) groups is 4. The standard InChI is InChI=1S/C16H18BrNO8/c1-23-13(19)7-11(16(22)25-3)18-15(21)10-5-4-9(17)6-12(10)26-8-14(20)24-2/h4-6,11H,7-8H2,1-3H3,(H,18,21). The fourth-order valence-corrected chi connectivity index (χ4v) is 2.16. The van der Waals surface area contributed by atoms with E-state index < -0.39 is 42.9 Å². The molecule has 0 radical (unpaired) electrons. The number of methoxy groups -OCH3 is 3. The Bertz CT molecular complexity index is 691. The molecule has 9 nitrogen and oxygen atoms in total. The quantitative estimate of drug-likeness (QED) is 0.475. The first-order chi connectivity index (χ1) is 12.3. The van der Waals surface area contributed by atoms with Gasteiger partial charge in [-0.25, -0.2) is 9.59 Å². The molecule has 0 aliphatic carbocycles. The van der Waals surface area contributed by atoms with Gasteiger partial charge in [0.2, 0.25) is 0 Å². The molecule has 0 aliphatic heterocycles. The van der Waals surface area contributed by atoms with E-state index in [9.17, 15) is 19.2 Å². The molecule has 26 heavy (non-hydrogen) atoms. The van der Waals surface area contributed by atoms with E-state index in [1.54, 1.807) is 6.07 Å². The van der Waals surface area contributed by atoms with E-state index >= 15 is 0 Å². The largest absolute Gasteiger partial charge is 0.481 e. The van der Waals surface area contributed by atoms with Gasteiger partial charge in [-0.1, -0.05) is 15.9 Å². The van der Waals surface area contributed by atoms with Gasteiger partial charge in [0, 0.05) is 4.47 Å². The number of rotatable bonds is 8. The van der Waals surface area contributed by atoms with Crippen molar-refractivity contribution in [1.29, 1.82) is 0 Å². The van der Waals surface area contributed by atoms with Gasteiger partial charge in [0.15, 0.2) is 6.61 Å². The number of esters is 3. The maximum absolute atomic E-state index is 12.5. The topological polar surface area (TPSA) is 117 Å². The highest BCUT2D eigenvalue weighted by molar-refractivity contribution is 9.10. The predicted molar refractivity (Wildman–Crippen MR) is 91.6 cm³/mol. The summed E-state index contributed by atoms with van der Waals surface area (Å²) in [6, 6.07) is 3.24. The smallest absolute Gasteiger partial charge is 0.343 e. The molecule has 0 bridgehead atoms. The van der Waals surface area contributed by atoms with Crippen LogP contribution in [0.1, 0.15) is 16.8 Å². The van der Waals surface area contributed by atoms with Crippen LogP contribution in [0, 0.1) is 0 Å². The first kappa shape index (κ1) is 21.4. The number of benzene rings is 1. The zero-order valence-electron chi connectivity index (χ0n) is 14.4. The average molecular weight is 432 g/mol. The van der Waals surface area contributed by atoms with Crippen molar-refractivity contribution in [2.75, 3.05) is 27.9 Å². The third-order valence-electron chi connectivity index (χ3n) is 3.15. The van der Waals surface area contributed by atoms with Crippen molar-refractivity contribution in [3.05, 3.63) is 28.2 Å². The highest BCUT2D eigenvalue weighted by atomic mass is 79.9. The van der Waals surface area contributed by atoms with Crippen LogP contribution in [0.4, 0.5) is 0 Å². The fraction of sp³-hybridized carbons (Fsp3) is 0.375. The first-order valence-corrected chi connectivity index (χ1v) is 8.06. The van der Waals surface area contributed by atoms with E-state index in [0.29, 0.717) is 4.47 Å². The molecule has 1 aromatic rings. The second-order valence-electron chi connectivity index (χ2n) is 4.83. The van der Waals surface area contributed by atoms with Gasteiger partial charge in [-0.15, -0.1) is 0 Å². The van der Waals surface area contributed by atoms with Gasteiger partial charge in [0.25, 0.3) is 5.91 Å². The van der Waals surface area contributed by atoms with Crippen LogP contribution in [0.25, 0.3) is 0 Å². The van der Waals surface area contributed by atoms with Crippen LogP contribution in [-0.2, 0) is 28.6 Å². The van der Waals surface area contributed by atoms with Gasteiger partial charge in [-0.3, -0.25) is 9.59 Å². The van der Waals surface area contributed by atoms with E-state index in [-0.39, 0.29) is 11.3 Å². The lowest BCUT2D eigenvalue weighted by Gasteiger charge is -2.17. The lowest BCUT2D eigenvalue weighted by molar-refractivity contribution is -0.149. The monoisotopic (exact) mass is 431 g/mol. The Hall–Kier alpha value is -2.62. The Balaban J connectivity index is 3.00. The van der Waals surface area contributed by atoms with E-state index in [1.165, 1.54) is 19.2 Å². The third kappa shape index (κ3) is 6.36. The van der Waals surface area contributed by atoms with Crippen molar-refractivity contribution in [3.8, 4) is 5.75 Å². The van der Waals surface area contributed by atoms with E-state index in [4.69, 9.17) is 4.74 Å². The number of carbonyl (C=O) groups excluding carboxylic acids is 4. The molecular formula is C16H18BrNO8. The van der Waals surface area contributed by atoms with E-state index in [0.717, 1.165) is 14.2 Å². The van der Waals surface area contributed by atoms with Gasteiger partial charge >= 0.3 is 17.9 Å². The molecule has 0 spiro atoms. The molecule has 1 atom stereocenters. The van der Waals surface area contributed by atoms with Crippen LogP contribution in [0.2, 0.25) is 0 Å². The molecule has 0 heterocycles. The van der Waals surface area contributed by atoms with Crippen LogP contribution in [0.3, 0.4) is 0 Å². The zero-order chi connectivity index (χ0) is 19.7. The molecule has 142 valence electrons. The van der Waals surface area contributed by atoms with Gasteiger partial charge in [0.1, 0.15) is 11.8 Å². The normalized spacial score (nSPS) is 11.1. The lowest BCUT2D eigenvalue weighted by Crippen LogP contribution is -2.43. The summed E-state index contributed by atoms with van der Waals surface area (Å²) in [5.74, 6) is -2.74. The molecule has 0 saturated heterocycles. The van der Waals surface area contributed by atoms with Crippen molar-refractivity contribution in [2.24, 2.45) is 0 Å². The number of ether oxygens (including phenoxy) is 4. The highest BCUT2D eigenvalue weighted by Gasteiger charge is 2.27. The summed E-state index contributed by atoms with van der Waals surface area (Å²) in [6.07, 6.45) is -0.399. The van der Waals surface area contributed by atoms with Crippen molar-refractivity contribution >= 4 is 39.7 Å². The minimum Gasteiger partial charge on any atom is -0.481 e. The van der Waals surface area contributed by atoms with Gasteiger partial charge < -0.3 is 24.3 Å². The van der Waals surface area contributed by atoms with Crippen molar-refractivity contribution in [1.82, 2.24) is 5.32 Å². The molecule has 1 unspecified atom stereocenters. The number of hydrogen-bond acceptors (Lipinski definition) is 8. The average Bonchev–Trinajstić information content (AvgIpc) is 2.64. The molecule has 1 N–H and O–H groups in total. The summed E-state index contributed by atoms with van der Waals surface area (Å²) in [6.45, 7) is -0.407. The van der Waals surface area contributed by atoms with Crippen molar-refractivity contribution in [2.45, 2.75) is 12.5 Å². The van der Waals surface area contributed by atoms with E-state index in [2.05, 4.69) is 35.5 Å². The summed E-state index contributed by atoms with van der Waals surface area (Å²) in [4.78, 5) is 46.9. The summed E-state index contributed by atoms with van der Waals surface area (Å²) in [5, 5.41) is 2.38. The third-order valence-corrected chi connectivity index (χ3v) is 3.64. The molecule has 0 saturated carbocycles. The minimum absolute atomic E-state index is 0.0517. The first-order valence-electron chi connectivity index (χ1n) is 7.27. The highest BCUT2D eigenvalue weighted by Crippen LogP contribution is 2.24. The SMILES string of the molecule is COC(=O)COc1cc(Br)ccc1C(=O)NC(CC(=O)OC)C(=O)OC. The van der Waals surface area contributed by atoms with Gasteiger partial charge in [0.05, 0.1) is 33.3 Å². The van der Waals surface area contributed by atoms with E-state index in [1.807, 2.05) is 0 Å². The van der Waals surface area contributed by atoms with Crippen LogP contribution >= 0.6 is 15.9 Å². The summed E-state index contributed by atoms with van der Waals surface area (Å²) >= 11 is 3.23. The Labute approximate surface area is 158 Å². The minimum atomic E-state index is -1.24. The second-order valence-corrected chi connectivity index (χ2v) is 5.75. The number of halogens is 1. The summed E-state index contributed by atoms with van der Waals surface area (Å²) in [5.41, 5.74) is 0.0517. The molecule has 1 aromatic carbocycles. The molecule has 1 rings (SSSR count). The summed E-state index contributed by atoms with van der Waals surface area (Å²) < 4.78 is 19.4. The second kappa shape index (κ2) is 10.4. The predicted octanol–water partition coefficient (Wildman–Crippen LogP) is 0.835. The molecule has 0 aromatic heterocycles. The van der Waals surface area contributed by atoms with Crippen molar-refractivity contribution in [3.63, 3.8) is 0 Å². The van der Waals surface area contributed by atoms with Crippen LogP contribution in [0.5, 0.6) is 5.75 Å². The molecular weight excluding hydrogens is 414 g/mol. The van der Waals surface area contributed by atoms with Crippen LogP contribution in [-0.4, -0.2) is 57.8 Å². The molecule has 0 aliphatic rings. The molecule has 1 amide bonds.